The highest BCUT2D eigenvalue weighted by Gasteiger charge is 2.22. The largest absolute Gasteiger partial charge is 0.493 e. The lowest BCUT2D eigenvalue weighted by atomic mass is 9.98. The molecule has 1 heterocycles. The highest BCUT2D eigenvalue weighted by molar-refractivity contribution is 5.78. The standard InChI is InChI=1S/C21H34N4O3/c1-15(2)7-10-24-21(22)23-9-5-6-20(26)25-11-8-16-12-18(27-3)19(28-4)13-17(16)14-25/h12-13,15H,5-11,14H2,1-4H3,(H3,22,23,24). The third-order valence-corrected chi connectivity index (χ3v) is 4.93. The van der Waals surface area contributed by atoms with E-state index in [-0.39, 0.29) is 5.91 Å². The van der Waals surface area contributed by atoms with E-state index in [4.69, 9.17) is 15.2 Å². The molecule has 0 fully saturated rings. The molecular formula is C21H34N4O3. The van der Waals surface area contributed by atoms with Crippen molar-refractivity contribution in [3.05, 3.63) is 23.3 Å². The van der Waals surface area contributed by atoms with Gasteiger partial charge in [-0.1, -0.05) is 13.8 Å². The molecule has 1 aromatic carbocycles. The van der Waals surface area contributed by atoms with Gasteiger partial charge in [-0.2, -0.15) is 0 Å². The van der Waals surface area contributed by atoms with Crippen LogP contribution >= 0.6 is 0 Å². The summed E-state index contributed by atoms with van der Waals surface area (Å²) < 4.78 is 10.7. The van der Waals surface area contributed by atoms with Crippen LogP contribution in [0.2, 0.25) is 0 Å². The Balaban J connectivity index is 1.80. The highest BCUT2D eigenvalue weighted by atomic mass is 16.5. The summed E-state index contributed by atoms with van der Waals surface area (Å²) in [5, 5.41) is 3.11. The fourth-order valence-electron chi connectivity index (χ4n) is 3.23. The van der Waals surface area contributed by atoms with Crippen molar-refractivity contribution in [2.45, 2.75) is 46.1 Å². The van der Waals surface area contributed by atoms with E-state index in [1.165, 1.54) is 5.56 Å². The monoisotopic (exact) mass is 390 g/mol. The molecule has 0 saturated heterocycles. The quantitative estimate of drug-likeness (QED) is 0.384. The van der Waals surface area contributed by atoms with Crippen molar-refractivity contribution in [1.29, 1.82) is 0 Å². The van der Waals surface area contributed by atoms with Crippen LogP contribution in [0.5, 0.6) is 11.5 Å². The molecule has 7 heteroatoms. The number of benzene rings is 1. The Morgan fingerprint density at radius 3 is 2.57 bits per heavy atom. The van der Waals surface area contributed by atoms with E-state index in [1.807, 2.05) is 17.0 Å². The maximum absolute atomic E-state index is 12.6. The molecule has 0 saturated carbocycles. The maximum Gasteiger partial charge on any atom is 0.222 e. The van der Waals surface area contributed by atoms with Crippen molar-refractivity contribution in [1.82, 2.24) is 10.2 Å². The zero-order valence-corrected chi connectivity index (χ0v) is 17.6. The highest BCUT2D eigenvalue weighted by Crippen LogP contribution is 2.33. The Bertz CT molecular complexity index is 688. The number of ether oxygens (including phenoxy) is 2. The average molecular weight is 391 g/mol. The molecule has 3 N–H and O–H groups in total. The number of carbonyl (C=O) groups is 1. The minimum atomic E-state index is 0.155. The lowest BCUT2D eigenvalue weighted by Gasteiger charge is -2.29. The topological polar surface area (TPSA) is 89.2 Å². The van der Waals surface area contributed by atoms with E-state index >= 15 is 0 Å². The first kappa shape index (κ1) is 21.9. The van der Waals surface area contributed by atoms with Crippen molar-refractivity contribution in [3.63, 3.8) is 0 Å². The third kappa shape index (κ3) is 6.32. The summed E-state index contributed by atoms with van der Waals surface area (Å²) in [5.41, 5.74) is 8.18. The van der Waals surface area contributed by atoms with Crippen LogP contribution in [0.25, 0.3) is 0 Å². The van der Waals surface area contributed by atoms with Gasteiger partial charge in [0.25, 0.3) is 0 Å². The van der Waals surface area contributed by atoms with Gasteiger partial charge in [-0.05, 0) is 48.4 Å². The number of methoxy groups -OCH3 is 2. The first-order chi connectivity index (χ1) is 13.4. The average Bonchev–Trinajstić information content (AvgIpc) is 2.69. The number of rotatable bonds is 9. The van der Waals surface area contributed by atoms with Crippen molar-refractivity contribution in [2.75, 3.05) is 33.9 Å². The molecule has 0 aliphatic carbocycles. The number of nitrogens with two attached hydrogens (primary N) is 1. The van der Waals surface area contributed by atoms with E-state index in [9.17, 15) is 4.79 Å². The van der Waals surface area contributed by atoms with Gasteiger partial charge < -0.3 is 25.4 Å². The predicted molar refractivity (Wildman–Crippen MR) is 112 cm³/mol. The second-order valence-electron chi connectivity index (χ2n) is 7.52. The molecule has 1 aromatic rings. The van der Waals surface area contributed by atoms with Crippen LogP contribution in [0.3, 0.4) is 0 Å². The number of amides is 1. The van der Waals surface area contributed by atoms with Crippen LogP contribution in [-0.2, 0) is 17.8 Å². The Morgan fingerprint density at radius 1 is 1.25 bits per heavy atom. The van der Waals surface area contributed by atoms with Gasteiger partial charge in [-0.3, -0.25) is 9.79 Å². The number of nitrogens with zero attached hydrogens (tertiary/aromatic N) is 2. The summed E-state index contributed by atoms with van der Waals surface area (Å²) in [5.74, 6) is 2.68. The molecule has 1 amide bonds. The Morgan fingerprint density at radius 2 is 1.93 bits per heavy atom. The van der Waals surface area contributed by atoms with Crippen LogP contribution in [-0.4, -0.2) is 50.6 Å². The summed E-state index contributed by atoms with van der Waals surface area (Å²) in [6, 6.07) is 3.99. The molecule has 0 spiro atoms. The summed E-state index contributed by atoms with van der Waals surface area (Å²) in [6.07, 6.45) is 3.06. The van der Waals surface area contributed by atoms with Crippen molar-refractivity contribution < 1.29 is 14.3 Å². The Hall–Kier alpha value is -2.44. The smallest absolute Gasteiger partial charge is 0.222 e. The van der Waals surface area contributed by atoms with Crippen LogP contribution in [0.15, 0.2) is 17.1 Å². The van der Waals surface area contributed by atoms with Crippen LogP contribution < -0.4 is 20.5 Å². The summed E-state index contributed by atoms with van der Waals surface area (Å²) in [4.78, 5) is 18.8. The molecule has 0 aromatic heterocycles. The van der Waals surface area contributed by atoms with E-state index in [0.717, 1.165) is 37.2 Å². The maximum atomic E-state index is 12.6. The number of carbonyl (C=O) groups excluding carboxylic acids is 1. The number of guanidine groups is 1. The zero-order valence-electron chi connectivity index (χ0n) is 17.6. The van der Waals surface area contributed by atoms with Gasteiger partial charge >= 0.3 is 0 Å². The zero-order chi connectivity index (χ0) is 20.5. The molecule has 0 atom stereocenters. The van der Waals surface area contributed by atoms with Crippen molar-refractivity contribution in [2.24, 2.45) is 16.6 Å². The Labute approximate surface area is 168 Å². The third-order valence-electron chi connectivity index (χ3n) is 4.93. The van der Waals surface area contributed by atoms with Gasteiger partial charge in [0.05, 0.1) is 14.2 Å². The lowest BCUT2D eigenvalue weighted by molar-refractivity contribution is -0.132. The van der Waals surface area contributed by atoms with Gasteiger partial charge in [-0.25, -0.2) is 0 Å². The molecule has 0 bridgehead atoms. The SMILES string of the molecule is COc1cc2c(cc1OC)CN(C(=O)CCCN=C(N)NCCC(C)C)CC2. The first-order valence-electron chi connectivity index (χ1n) is 10.00. The minimum absolute atomic E-state index is 0.155. The van der Waals surface area contributed by atoms with E-state index < -0.39 is 0 Å². The summed E-state index contributed by atoms with van der Waals surface area (Å²) >= 11 is 0. The number of nitrogens with one attached hydrogen (secondary N) is 1. The molecule has 7 nitrogen and oxygen atoms in total. The van der Waals surface area contributed by atoms with Gasteiger partial charge in [0.1, 0.15) is 0 Å². The number of hydrogen-bond acceptors (Lipinski definition) is 4. The molecule has 1 aliphatic rings. The second kappa shape index (κ2) is 10.8. The van der Waals surface area contributed by atoms with Crippen LogP contribution in [0, 0.1) is 5.92 Å². The Kier molecular flexibility index (Phi) is 8.42. The van der Waals surface area contributed by atoms with Gasteiger partial charge in [0.15, 0.2) is 17.5 Å². The van der Waals surface area contributed by atoms with Gasteiger partial charge in [-0.15, -0.1) is 0 Å². The van der Waals surface area contributed by atoms with Crippen molar-refractivity contribution in [3.8, 4) is 11.5 Å². The first-order valence-corrected chi connectivity index (χ1v) is 10.00. The molecule has 1 aliphatic heterocycles. The van der Waals surface area contributed by atoms with Crippen LogP contribution in [0.1, 0.15) is 44.2 Å². The fourth-order valence-corrected chi connectivity index (χ4v) is 3.23. The summed E-state index contributed by atoms with van der Waals surface area (Å²) in [6.45, 7) is 7.06. The normalized spacial score (nSPS) is 14.0. The minimum Gasteiger partial charge on any atom is -0.493 e. The van der Waals surface area contributed by atoms with E-state index in [2.05, 4.69) is 24.2 Å². The lowest BCUT2D eigenvalue weighted by Crippen LogP contribution is -2.36. The summed E-state index contributed by atoms with van der Waals surface area (Å²) in [7, 11) is 3.26. The van der Waals surface area contributed by atoms with E-state index in [0.29, 0.717) is 43.6 Å². The predicted octanol–water partition coefficient (Wildman–Crippen LogP) is 2.32. The number of fused-ring (bicyclic) bond motifs is 1. The van der Waals surface area contributed by atoms with E-state index in [1.54, 1.807) is 14.2 Å². The van der Waals surface area contributed by atoms with Crippen LogP contribution in [0.4, 0.5) is 0 Å². The second-order valence-corrected chi connectivity index (χ2v) is 7.52. The van der Waals surface area contributed by atoms with Gasteiger partial charge in [0.2, 0.25) is 5.91 Å². The molecule has 156 valence electrons. The molecular weight excluding hydrogens is 356 g/mol. The molecule has 0 unspecified atom stereocenters. The fraction of sp³-hybridized carbons (Fsp3) is 0.619. The number of aliphatic imine (C=N–C) groups is 1. The number of hydrogen-bond donors (Lipinski definition) is 2. The molecule has 28 heavy (non-hydrogen) atoms. The van der Waals surface area contributed by atoms with Crippen molar-refractivity contribution >= 4 is 11.9 Å². The molecule has 2 rings (SSSR count). The van der Waals surface area contributed by atoms with Gasteiger partial charge in [0, 0.05) is 32.6 Å². The molecule has 0 radical (unpaired) electrons.